The average Bonchev–Trinajstić information content (AvgIpc) is 2.94. The molecule has 0 aliphatic rings. The Bertz CT molecular complexity index is 532. The highest BCUT2D eigenvalue weighted by Crippen LogP contribution is 2.31. The highest BCUT2D eigenvalue weighted by molar-refractivity contribution is 7.13. The van der Waals surface area contributed by atoms with Crippen molar-refractivity contribution in [2.45, 2.75) is 32.6 Å². The van der Waals surface area contributed by atoms with E-state index in [1.807, 2.05) is 17.7 Å². The van der Waals surface area contributed by atoms with Gasteiger partial charge in [-0.2, -0.15) is 18.3 Å². The van der Waals surface area contributed by atoms with Crippen LogP contribution in [-0.4, -0.2) is 14.8 Å². The van der Waals surface area contributed by atoms with Crippen molar-refractivity contribution in [3.05, 3.63) is 29.0 Å². The molecule has 0 bridgehead atoms. The van der Waals surface area contributed by atoms with E-state index in [2.05, 4.69) is 15.4 Å². The molecule has 0 aliphatic carbocycles. The maximum Gasteiger partial charge on any atom is 0.434 e. The number of alkyl halides is 3. The van der Waals surface area contributed by atoms with Crippen molar-refractivity contribution in [1.82, 2.24) is 14.8 Å². The van der Waals surface area contributed by atoms with Gasteiger partial charge in [-0.05, 0) is 12.5 Å². The Labute approximate surface area is 112 Å². The number of aryl methyl sites for hydroxylation is 1. The van der Waals surface area contributed by atoms with Crippen molar-refractivity contribution < 1.29 is 13.2 Å². The number of nitrogens with one attached hydrogen (secondary N) is 1. The number of aromatic nitrogens is 3. The van der Waals surface area contributed by atoms with Gasteiger partial charge in [0.25, 0.3) is 0 Å². The molecule has 0 aliphatic heterocycles. The molecule has 0 atom stereocenters. The maximum absolute atomic E-state index is 12.4. The SMILES string of the molecule is CCCn1nccc1CNc1nc(C(F)(F)F)cs1. The van der Waals surface area contributed by atoms with Gasteiger partial charge in [0.05, 0.1) is 12.2 Å². The zero-order valence-corrected chi connectivity index (χ0v) is 11.1. The van der Waals surface area contributed by atoms with Crippen LogP contribution in [0.1, 0.15) is 24.7 Å². The molecule has 0 fully saturated rings. The van der Waals surface area contributed by atoms with E-state index < -0.39 is 11.9 Å². The summed E-state index contributed by atoms with van der Waals surface area (Å²) in [6.07, 6.45) is -1.76. The quantitative estimate of drug-likeness (QED) is 0.918. The molecule has 2 aromatic rings. The highest BCUT2D eigenvalue weighted by atomic mass is 32.1. The lowest BCUT2D eigenvalue weighted by Crippen LogP contribution is -2.09. The molecule has 0 radical (unpaired) electrons. The Morgan fingerprint density at radius 1 is 1.42 bits per heavy atom. The summed E-state index contributed by atoms with van der Waals surface area (Å²) in [5.74, 6) is 0. The molecule has 0 amide bonds. The molecule has 8 heteroatoms. The predicted octanol–water partition coefficient (Wildman–Crippen LogP) is 3.38. The van der Waals surface area contributed by atoms with Gasteiger partial charge in [0, 0.05) is 18.1 Å². The Morgan fingerprint density at radius 2 is 2.21 bits per heavy atom. The first-order valence-electron chi connectivity index (χ1n) is 5.78. The van der Waals surface area contributed by atoms with E-state index in [-0.39, 0.29) is 5.13 Å². The number of rotatable bonds is 5. The molecular formula is C11H13F3N4S. The molecule has 104 valence electrons. The van der Waals surface area contributed by atoms with Crippen molar-refractivity contribution >= 4 is 16.5 Å². The fourth-order valence-corrected chi connectivity index (χ4v) is 2.29. The van der Waals surface area contributed by atoms with E-state index in [1.165, 1.54) is 0 Å². The van der Waals surface area contributed by atoms with Crippen molar-refractivity contribution in [3.63, 3.8) is 0 Å². The van der Waals surface area contributed by atoms with Gasteiger partial charge < -0.3 is 5.32 Å². The Kier molecular flexibility index (Phi) is 4.08. The summed E-state index contributed by atoms with van der Waals surface area (Å²) in [4.78, 5) is 3.51. The summed E-state index contributed by atoms with van der Waals surface area (Å²) >= 11 is 0.946. The normalized spacial score (nSPS) is 11.8. The minimum atomic E-state index is -4.39. The first-order valence-corrected chi connectivity index (χ1v) is 6.66. The van der Waals surface area contributed by atoms with Crippen LogP contribution in [0.3, 0.4) is 0 Å². The van der Waals surface area contributed by atoms with Gasteiger partial charge >= 0.3 is 6.18 Å². The van der Waals surface area contributed by atoms with Crippen LogP contribution >= 0.6 is 11.3 Å². The van der Waals surface area contributed by atoms with Gasteiger partial charge in [-0.3, -0.25) is 4.68 Å². The highest BCUT2D eigenvalue weighted by Gasteiger charge is 2.33. The van der Waals surface area contributed by atoms with Gasteiger partial charge in [0.2, 0.25) is 0 Å². The molecular weight excluding hydrogens is 277 g/mol. The fourth-order valence-electron chi connectivity index (χ4n) is 1.57. The molecule has 2 heterocycles. The monoisotopic (exact) mass is 290 g/mol. The van der Waals surface area contributed by atoms with E-state index in [4.69, 9.17) is 0 Å². The second-order valence-corrected chi connectivity index (χ2v) is 4.79. The predicted molar refractivity (Wildman–Crippen MR) is 67.0 cm³/mol. The number of thiazole rings is 1. The van der Waals surface area contributed by atoms with Gasteiger partial charge in [-0.25, -0.2) is 4.98 Å². The Morgan fingerprint density at radius 3 is 2.84 bits per heavy atom. The number of nitrogens with zero attached hydrogens (tertiary/aromatic N) is 3. The van der Waals surface area contributed by atoms with Crippen LogP contribution in [0.25, 0.3) is 0 Å². The standard InChI is InChI=1S/C11H13F3N4S/c1-2-5-18-8(3-4-16-18)6-15-10-17-9(7-19-10)11(12,13)14/h3-4,7H,2,5-6H2,1H3,(H,15,17). The van der Waals surface area contributed by atoms with E-state index in [1.54, 1.807) is 6.20 Å². The summed E-state index contributed by atoms with van der Waals surface area (Å²) in [6.45, 7) is 3.23. The molecule has 4 nitrogen and oxygen atoms in total. The molecule has 2 rings (SSSR count). The Balaban J connectivity index is 1.99. The molecule has 0 aromatic carbocycles. The van der Waals surface area contributed by atoms with E-state index in [9.17, 15) is 13.2 Å². The third kappa shape index (κ3) is 3.46. The van der Waals surface area contributed by atoms with E-state index >= 15 is 0 Å². The summed E-state index contributed by atoms with van der Waals surface area (Å²) in [6, 6.07) is 1.83. The van der Waals surface area contributed by atoms with Crippen molar-refractivity contribution in [2.24, 2.45) is 0 Å². The van der Waals surface area contributed by atoms with E-state index in [0.717, 1.165) is 35.4 Å². The van der Waals surface area contributed by atoms with Crippen LogP contribution in [0.4, 0.5) is 18.3 Å². The van der Waals surface area contributed by atoms with Gasteiger partial charge in [0.15, 0.2) is 10.8 Å². The van der Waals surface area contributed by atoms with Crippen LogP contribution in [-0.2, 0) is 19.3 Å². The lowest BCUT2D eigenvalue weighted by Gasteiger charge is -2.06. The third-order valence-corrected chi connectivity index (χ3v) is 3.26. The lowest BCUT2D eigenvalue weighted by atomic mass is 10.4. The molecule has 0 spiro atoms. The molecule has 2 aromatic heterocycles. The Hall–Kier alpha value is -1.57. The molecule has 1 N–H and O–H groups in total. The molecule has 0 saturated heterocycles. The fraction of sp³-hybridized carbons (Fsp3) is 0.455. The summed E-state index contributed by atoms with van der Waals surface area (Å²) in [5.41, 5.74) is 0.0627. The first kappa shape index (κ1) is 13.9. The zero-order chi connectivity index (χ0) is 13.9. The second-order valence-electron chi connectivity index (χ2n) is 3.93. The maximum atomic E-state index is 12.4. The van der Waals surface area contributed by atoms with Gasteiger partial charge in [-0.15, -0.1) is 11.3 Å². The zero-order valence-electron chi connectivity index (χ0n) is 10.2. The summed E-state index contributed by atoms with van der Waals surface area (Å²) in [7, 11) is 0. The summed E-state index contributed by atoms with van der Waals surface area (Å²) in [5, 5.41) is 8.29. The smallest absolute Gasteiger partial charge is 0.356 e. The second kappa shape index (κ2) is 5.60. The molecule has 0 saturated carbocycles. The van der Waals surface area contributed by atoms with Crippen LogP contribution in [0.5, 0.6) is 0 Å². The van der Waals surface area contributed by atoms with Crippen molar-refractivity contribution in [1.29, 1.82) is 0 Å². The van der Waals surface area contributed by atoms with Crippen LogP contribution in [0.2, 0.25) is 0 Å². The summed E-state index contributed by atoms with van der Waals surface area (Å²) < 4.78 is 39.0. The minimum Gasteiger partial charge on any atom is -0.356 e. The third-order valence-electron chi connectivity index (χ3n) is 2.46. The van der Waals surface area contributed by atoms with Crippen molar-refractivity contribution in [2.75, 3.05) is 5.32 Å². The topological polar surface area (TPSA) is 42.7 Å². The number of hydrogen-bond acceptors (Lipinski definition) is 4. The van der Waals surface area contributed by atoms with Gasteiger partial charge in [0.1, 0.15) is 0 Å². The number of anilines is 1. The number of halogens is 3. The molecule has 0 unspecified atom stereocenters. The van der Waals surface area contributed by atoms with Crippen LogP contribution < -0.4 is 5.32 Å². The lowest BCUT2D eigenvalue weighted by molar-refractivity contribution is -0.140. The van der Waals surface area contributed by atoms with Crippen molar-refractivity contribution in [3.8, 4) is 0 Å². The average molecular weight is 290 g/mol. The van der Waals surface area contributed by atoms with Gasteiger partial charge in [-0.1, -0.05) is 6.92 Å². The largest absolute Gasteiger partial charge is 0.434 e. The molecule has 19 heavy (non-hydrogen) atoms. The van der Waals surface area contributed by atoms with E-state index in [0.29, 0.717) is 6.54 Å². The van der Waals surface area contributed by atoms with Crippen LogP contribution in [0, 0.1) is 0 Å². The van der Waals surface area contributed by atoms with Crippen LogP contribution in [0.15, 0.2) is 17.6 Å². The number of hydrogen-bond donors (Lipinski definition) is 1. The minimum absolute atomic E-state index is 0.261. The first-order chi connectivity index (χ1) is 9.00.